The van der Waals surface area contributed by atoms with Crippen LogP contribution in [0.3, 0.4) is 0 Å². The van der Waals surface area contributed by atoms with E-state index in [0.29, 0.717) is 11.4 Å². The number of halogens is 2. The molecule has 184 valence electrons. The first-order chi connectivity index (χ1) is 17.3. The first-order valence-electron chi connectivity index (χ1n) is 12.4. The molecule has 0 radical (unpaired) electrons. The molecule has 0 unspecified atom stereocenters. The third-order valence-corrected chi connectivity index (χ3v) is 11.6. The SMILES string of the molecule is CC(C)(c1ccccc1)c1ccc(Oc2ccc(N3C(=O)[C@H]4[C@H]5C[C@@H]([C@@H](Br)[C@@H]5Br)[C@@H]4C3=O)cc2)cc1. The van der Waals surface area contributed by atoms with Crippen molar-refractivity contribution in [3.8, 4) is 11.5 Å². The largest absolute Gasteiger partial charge is 0.457 e. The standard InChI is InChI=1S/C30H27Br2NO3/c1-30(2,17-6-4-3-5-7-17)18-8-12-20(13-9-18)36-21-14-10-19(11-15-21)33-28(34)24-22-16-23(25(24)29(33)35)27(32)26(22)31/h3-15,22-27H,16H2,1-2H3/t22-,23-,24+,25+,26-,27-/m1/s1. The van der Waals surface area contributed by atoms with Gasteiger partial charge in [0.05, 0.1) is 17.5 Å². The maximum absolute atomic E-state index is 13.3. The lowest BCUT2D eigenvalue weighted by Gasteiger charge is -2.28. The van der Waals surface area contributed by atoms with E-state index < -0.39 is 0 Å². The van der Waals surface area contributed by atoms with E-state index in [-0.39, 0.29) is 50.6 Å². The molecule has 2 bridgehead atoms. The van der Waals surface area contributed by atoms with Crippen LogP contribution in [-0.4, -0.2) is 21.5 Å². The molecular weight excluding hydrogens is 582 g/mol. The number of anilines is 1. The van der Waals surface area contributed by atoms with E-state index in [0.717, 1.165) is 12.2 Å². The van der Waals surface area contributed by atoms with Gasteiger partial charge in [0.2, 0.25) is 11.8 Å². The summed E-state index contributed by atoms with van der Waals surface area (Å²) in [6.45, 7) is 4.43. The van der Waals surface area contributed by atoms with Crippen molar-refractivity contribution in [3.63, 3.8) is 0 Å². The van der Waals surface area contributed by atoms with E-state index in [2.05, 4.69) is 82.1 Å². The monoisotopic (exact) mass is 607 g/mol. The number of fused-ring (bicyclic) bond motifs is 5. The molecule has 1 heterocycles. The lowest BCUT2D eigenvalue weighted by atomic mass is 9.78. The van der Waals surface area contributed by atoms with Crippen molar-refractivity contribution in [3.05, 3.63) is 90.0 Å². The van der Waals surface area contributed by atoms with E-state index in [1.807, 2.05) is 30.3 Å². The van der Waals surface area contributed by atoms with Gasteiger partial charge in [0.1, 0.15) is 11.5 Å². The maximum atomic E-state index is 13.3. The van der Waals surface area contributed by atoms with E-state index >= 15 is 0 Å². The summed E-state index contributed by atoms with van der Waals surface area (Å²) in [5.41, 5.74) is 2.97. The van der Waals surface area contributed by atoms with E-state index in [1.165, 1.54) is 16.0 Å². The topological polar surface area (TPSA) is 46.6 Å². The Morgan fingerprint density at radius 3 is 1.72 bits per heavy atom. The molecule has 2 aliphatic carbocycles. The van der Waals surface area contributed by atoms with Gasteiger partial charge in [0, 0.05) is 15.1 Å². The summed E-state index contributed by atoms with van der Waals surface area (Å²) in [4.78, 5) is 28.4. The fraction of sp³-hybridized carbons (Fsp3) is 0.333. The van der Waals surface area contributed by atoms with Crippen LogP contribution < -0.4 is 9.64 Å². The number of benzene rings is 3. The van der Waals surface area contributed by atoms with Crippen molar-refractivity contribution in [2.45, 2.75) is 35.3 Å². The normalized spacial score (nSPS) is 29.1. The number of carbonyl (C=O) groups excluding carboxylic acids is 2. The molecule has 3 aromatic rings. The van der Waals surface area contributed by atoms with Gasteiger partial charge in [-0.2, -0.15) is 0 Å². The molecule has 3 aliphatic rings. The van der Waals surface area contributed by atoms with Crippen LogP contribution in [0.25, 0.3) is 0 Å². The molecule has 3 aromatic carbocycles. The number of imide groups is 1. The molecule has 0 N–H and O–H groups in total. The number of nitrogens with zero attached hydrogens (tertiary/aromatic N) is 1. The minimum atomic E-state index is -0.213. The summed E-state index contributed by atoms with van der Waals surface area (Å²) < 4.78 is 6.07. The van der Waals surface area contributed by atoms with Crippen molar-refractivity contribution in [2.24, 2.45) is 23.7 Å². The molecule has 1 aliphatic heterocycles. The van der Waals surface area contributed by atoms with Gasteiger partial charge in [0.25, 0.3) is 0 Å². The molecule has 3 fully saturated rings. The smallest absolute Gasteiger partial charge is 0.238 e. The highest BCUT2D eigenvalue weighted by atomic mass is 79.9. The van der Waals surface area contributed by atoms with Crippen LogP contribution in [-0.2, 0) is 15.0 Å². The van der Waals surface area contributed by atoms with Crippen molar-refractivity contribution < 1.29 is 14.3 Å². The van der Waals surface area contributed by atoms with Crippen LogP contribution in [0, 0.1) is 23.7 Å². The molecule has 0 spiro atoms. The van der Waals surface area contributed by atoms with Crippen molar-refractivity contribution in [2.75, 3.05) is 4.90 Å². The Labute approximate surface area is 228 Å². The van der Waals surface area contributed by atoms with Crippen LogP contribution in [0.2, 0.25) is 0 Å². The van der Waals surface area contributed by atoms with E-state index in [9.17, 15) is 9.59 Å². The second kappa shape index (κ2) is 8.84. The van der Waals surface area contributed by atoms with Gasteiger partial charge in [-0.25, -0.2) is 0 Å². The molecule has 6 heteroatoms. The third kappa shape index (κ3) is 3.67. The average molecular weight is 609 g/mol. The zero-order chi connectivity index (χ0) is 25.2. The van der Waals surface area contributed by atoms with E-state index in [1.54, 1.807) is 12.1 Å². The zero-order valence-corrected chi connectivity index (χ0v) is 23.3. The maximum Gasteiger partial charge on any atom is 0.238 e. The van der Waals surface area contributed by atoms with Gasteiger partial charge in [-0.05, 0) is 65.8 Å². The minimum absolute atomic E-state index is 0.0633. The minimum Gasteiger partial charge on any atom is -0.457 e. The first kappa shape index (κ1) is 23.9. The fourth-order valence-electron chi connectivity index (χ4n) is 6.36. The van der Waals surface area contributed by atoms with Gasteiger partial charge < -0.3 is 4.74 Å². The molecule has 2 amide bonds. The number of alkyl halides is 2. The Hall–Kier alpha value is -2.44. The Morgan fingerprint density at radius 2 is 1.19 bits per heavy atom. The average Bonchev–Trinajstić information content (AvgIpc) is 3.50. The molecule has 36 heavy (non-hydrogen) atoms. The van der Waals surface area contributed by atoms with Gasteiger partial charge in [-0.3, -0.25) is 14.5 Å². The highest BCUT2D eigenvalue weighted by Gasteiger charge is 2.66. The molecule has 6 rings (SSSR count). The number of ether oxygens (including phenoxy) is 1. The molecule has 0 aromatic heterocycles. The Morgan fingerprint density at radius 1 is 0.722 bits per heavy atom. The molecule has 1 saturated heterocycles. The predicted molar refractivity (Wildman–Crippen MR) is 148 cm³/mol. The summed E-state index contributed by atoms with van der Waals surface area (Å²) >= 11 is 7.49. The third-order valence-electron chi connectivity index (χ3n) is 8.39. The van der Waals surface area contributed by atoms with Crippen LogP contribution in [0.4, 0.5) is 5.69 Å². The Balaban J connectivity index is 1.17. The highest BCUT2D eigenvalue weighted by Crippen LogP contribution is 2.60. The number of amides is 2. The Bertz CT molecular complexity index is 1270. The number of hydrogen-bond donors (Lipinski definition) is 0. The van der Waals surface area contributed by atoms with Crippen LogP contribution in [0.5, 0.6) is 11.5 Å². The summed E-state index contributed by atoms with van der Waals surface area (Å²) in [5, 5.41) is 0. The summed E-state index contributed by atoms with van der Waals surface area (Å²) in [7, 11) is 0. The van der Waals surface area contributed by atoms with Crippen LogP contribution >= 0.6 is 31.9 Å². The highest BCUT2D eigenvalue weighted by molar-refractivity contribution is 9.12. The number of carbonyl (C=O) groups is 2. The van der Waals surface area contributed by atoms with Gasteiger partial charge in [0.15, 0.2) is 0 Å². The summed E-state index contributed by atoms with van der Waals surface area (Å²) in [6, 6.07) is 25.9. The molecule has 6 atom stereocenters. The van der Waals surface area contributed by atoms with Crippen LogP contribution in [0.15, 0.2) is 78.9 Å². The first-order valence-corrected chi connectivity index (χ1v) is 14.2. The second-order valence-electron chi connectivity index (χ2n) is 10.6. The van der Waals surface area contributed by atoms with Crippen molar-refractivity contribution in [1.29, 1.82) is 0 Å². The van der Waals surface area contributed by atoms with Crippen LogP contribution in [0.1, 0.15) is 31.4 Å². The van der Waals surface area contributed by atoms with Crippen molar-refractivity contribution in [1.82, 2.24) is 0 Å². The van der Waals surface area contributed by atoms with Gasteiger partial charge in [-0.1, -0.05) is 88.2 Å². The lowest BCUT2D eigenvalue weighted by molar-refractivity contribution is -0.123. The number of rotatable bonds is 5. The molecular formula is C30H27Br2NO3. The molecule has 4 nitrogen and oxygen atoms in total. The summed E-state index contributed by atoms with van der Waals surface area (Å²) in [6.07, 6.45) is 0.931. The number of hydrogen-bond acceptors (Lipinski definition) is 3. The molecule has 2 saturated carbocycles. The van der Waals surface area contributed by atoms with Crippen molar-refractivity contribution >= 4 is 49.4 Å². The second-order valence-corrected chi connectivity index (χ2v) is 12.7. The predicted octanol–water partition coefficient (Wildman–Crippen LogP) is 7.09. The Kier molecular flexibility index (Phi) is 5.88. The fourth-order valence-corrected chi connectivity index (χ4v) is 8.24. The summed E-state index contributed by atoms with van der Waals surface area (Å²) in [5.74, 6) is 1.27. The van der Waals surface area contributed by atoms with Gasteiger partial charge in [-0.15, -0.1) is 0 Å². The quantitative estimate of drug-likeness (QED) is 0.229. The lowest BCUT2D eigenvalue weighted by Crippen LogP contribution is -2.37. The zero-order valence-electron chi connectivity index (χ0n) is 20.1. The van der Waals surface area contributed by atoms with Gasteiger partial charge >= 0.3 is 0 Å². The van der Waals surface area contributed by atoms with E-state index in [4.69, 9.17) is 4.74 Å².